The van der Waals surface area contributed by atoms with Crippen LogP contribution in [0.15, 0.2) is 18.2 Å². The first-order chi connectivity index (χ1) is 9.99. The Morgan fingerprint density at radius 1 is 1.38 bits per heavy atom. The van der Waals surface area contributed by atoms with E-state index in [2.05, 4.69) is 0 Å². The SMILES string of the molecule is Cc1ccc(C)c(OCCC(=O)N2CCC[C@H]2C(=O)O)c1. The topological polar surface area (TPSA) is 66.8 Å². The summed E-state index contributed by atoms with van der Waals surface area (Å²) in [7, 11) is 0. The predicted molar refractivity (Wildman–Crippen MR) is 78.4 cm³/mol. The molecule has 1 heterocycles. The first kappa shape index (κ1) is 15.4. The van der Waals surface area contributed by atoms with Crippen molar-refractivity contribution in [3.8, 4) is 5.75 Å². The van der Waals surface area contributed by atoms with Gasteiger partial charge in [0.15, 0.2) is 0 Å². The smallest absolute Gasteiger partial charge is 0.326 e. The molecule has 1 N–H and O–H groups in total. The minimum atomic E-state index is -0.920. The fraction of sp³-hybridized carbons (Fsp3) is 0.500. The number of rotatable bonds is 5. The van der Waals surface area contributed by atoms with Gasteiger partial charge in [0.05, 0.1) is 13.0 Å². The van der Waals surface area contributed by atoms with Gasteiger partial charge in [0.2, 0.25) is 5.91 Å². The van der Waals surface area contributed by atoms with E-state index in [-0.39, 0.29) is 18.9 Å². The third kappa shape index (κ3) is 3.74. The van der Waals surface area contributed by atoms with Gasteiger partial charge in [-0.1, -0.05) is 12.1 Å². The van der Waals surface area contributed by atoms with Crippen molar-refractivity contribution in [2.75, 3.05) is 13.2 Å². The molecule has 0 saturated carbocycles. The Hall–Kier alpha value is -2.04. The second-order valence-electron chi connectivity index (χ2n) is 5.45. The fourth-order valence-electron chi connectivity index (χ4n) is 2.58. The van der Waals surface area contributed by atoms with Crippen LogP contribution in [-0.2, 0) is 9.59 Å². The van der Waals surface area contributed by atoms with Crippen LogP contribution in [0.3, 0.4) is 0 Å². The minimum absolute atomic E-state index is 0.148. The molecule has 2 rings (SSSR count). The number of carboxylic acids is 1. The normalized spacial score (nSPS) is 17.8. The van der Waals surface area contributed by atoms with Crippen LogP contribution in [0.5, 0.6) is 5.75 Å². The number of ether oxygens (including phenoxy) is 1. The van der Waals surface area contributed by atoms with Crippen LogP contribution in [0.1, 0.15) is 30.4 Å². The summed E-state index contributed by atoms with van der Waals surface area (Å²) in [4.78, 5) is 24.6. The maximum atomic E-state index is 12.1. The third-order valence-electron chi connectivity index (χ3n) is 3.78. The van der Waals surface area contributed by atoms with E-state index < -0.39 is 12.0 Å². The van der Waals surface area contributed by atoms with Crippen molar-refractivity contribution in [1.29, 1.82) is 0 Å². The highest BCUT2D eigenvalue weighted by molar-refractivity contribution is 5.84. The van der Waals surface area contributed by atoms with Crippen LogP contribution in [-0.4, -0.2) is 41.1 Å². The summed E-state index contributed by atoms with van der Waals surface area (Å²) in [5.74, 6) is -0.291. The van der Waals surface area contributed by atoms with Crippen LogP contribution in [0.25, 0.3) is 0 Å². The van der Waals surface area contributed by atoms with Gasteiger partial charge >= 0.3 is 5.97 Å². The largest absolute Gasteiger partial charge is 0.493 e. The Morgan fingerprint density at radius 3 is 2.86 bits per heavy atom. The Morgan fingerprint density at radius 2 is 2.14 bits per heavy atom. The van der Waals surface area contributed by atoms with E-state index in [4.69, 9.17) is 9.84 Å². The number of likely N-dealkylation sites (tertiary alicyclic amines) is 1. The third-order valence-corrected chi connectivity index (χ3v) is 3.78. The number of hydrogen-bond donors (Lipinski definition) is 1. The Bertz CT molecular complexity index is 541. The highest BCUT2D eigenvalue weighted by atomic mass is 16.5. The molecule has 1 atom stereocenters. The number of carboxylic acid groups (broad SMARTS) is 1. The quantitative estimate of drug-likeness (QED) is 0.902. The lowest BCUT2D eigenvalue weighted by Crippen LogP contribution is -2.40. The highest BCUT2D eigenvalue weighted by Crippen LogP contribution is 2.21. The second-order valence-corrected chi connectivity index (χ2v) is 5.45. The van der Waals surface area contributed by atoms with Gasteiger partial charge < -0.3 is 14.7 Å². The summed E-state index contributed by atoms with van der Waals surface area (Å²) < 4.78 is 5.65. The molecule has 0 bridgehead atoms. The van der Waals surface area contributed by atoms with Crippen LogP contribution in [0.4, 0.5) is 0 Å². The fourth-order valence-corrected chi connectivity index (χ4v) is 2.58. The molecule has 1 amide bonds. The van der Waals surface area contributed by atoms with Crippen molar-refractivity contribution in [3.63, 3.8) is 0 Å². The van der Waals surface area contributed by atoms with Gasteiger partial charge in [0, 0.05) is 6.54 Å². The molecule has 0 aliphatic carbocycles. The summed E-state index contributed by atoms with van der Waals surface area (Å²) in [5.41, 5.74) is 2.13. The van der Waals surface area contributed by atoms with Crippen molar-refractivity contribution >= 4 is 11.9 Å². The van der Waals surface area contributed by atoms with Crippen LogP contribution in [0.2, 0.25) is 0 Å². The van der Waals surface area contributed by atoms with E-state index in [0.29, 0.717) is 13.0 Å². The van der Waals surface area contributed by atoms with Gasteiger partial charge in [-0.2, -0.15) is 0 Å². The van der Waals surface area contributed by atoms with Gasteiger partial charge in [-0.3, -0.25) is 4.79 Å². The Balaban J connectivity index is 1.87. The molecule has 5 heteroatoms. The lowest BCUT2D eigenvalue weighted by Gasteiger charge is -2.21. The van der Waals surface area contributed by atoms with Gasteiger partial charge in [-0.15, -0.1) is 0 Å². The van der Waals surface area contributed by atoms with Gasteiger partial charge in [0.1, 0.15) is 11.8 Å². The zero-order valence-electron chi connectivity index (χ0n) is 12.5. The maximum Gasteiger partial charge on any atom is 0.326 e. The molecule has 1 saturated heterocycles. The van der Waals surface area contributed by atoms with E-state index in [1.165, 1.54) is 4.90 Å². The molecule has 0 aromatic heterocycles. The zero-order chi connectivity index (χ0) is 15.4. The first-order valence-electron chi connectivity index (χ1n) is 7.21. The molecule has 114 valence electrons. The molecule has 1 aromatic carbocycles. The van der Waals surface area contributed by atoms with E-state index >= 15 is 0 Å². The number of carbonyl (C=O) groups excluding carboxylic acids is 1. The van der Waals surface area contributed by atoms with Crippen molar-refractivity contribution in [1.82, 2.24) is 4.90 Å². The van der Waals surface area contributed by atoms with E-state index in [0.717, 1.165) is 23.3 Å². The van der Waals surface area contributed by atoms with E-state index in [1.54, 1.807) is 0 Å². The molecule has 0 spiro atoms. The summed E-state index contributed by atoms with van der Waals surface area (Å²) in [6.45, 7) is 4.74. The zero-order valence-corrected chi connectivity index (χ0v) is 12.5. The molecular weight excluding hydrogens is 270 g/mol. The molecule has 1 aromatic rings. The predicted octanol–water partition coefficient (Wildman–Crippen LogP) is 2.15. The summed E-state index contributed by atoms with van der Waals surface area (Å²) in [6.07, 6.45) is 1.50. The average Bonchev–Trinajstić information content (AvgIpc) is 2.92. The van der Waals surface area contributed by atoms with Crippen molar-refractivity contribution < 1.29 is 19.4 Å². The molecule has 1 fully saturated rings. The first-order valence-corrected chi connectivity index (χ1v) is 7.21. The number of aliphatic carboxylic acids is 1. The van der Waals surface area contributed by atoms with Crippen molar-refractivity contribution in [2.45, 2.75) is 39.2 Å². The van der Waals surface area contributed by atoms with Gasteiger partial charge in [0.25, 0.3) is 0 Å². The Labute approximate surface area is 124 Å². The second kappa shape index (κ2) is 6.61. The molecule has 5 nitrogen and oxygen atoms in total. The lowest BCUT2D eigenvalue weighted by molar-refractivity contribution is -0.148. The van der Waals surface area contributed by atoms with E-state index in [1.807, 2.05) is 32.0 Å². The maximum absolute atomic E-state index is 12.1. The van der Waals surface area contributed by atoms with Crippen LogP contribution < -0.4 is 4.74 Å². The number of aryl methyl sites for hydroxylation is 2. The molecule has 0 radical (unpaired) electrons. The van der Waals surface area contributed by atoms with Crippen molar-refractivity contribution in [3.05, 3.63) is 29.3 Å². The number of amides is 1. The Kier molecular flexibility index (Phi) is 4.83. The van der Waals surface area contributed by atoms with Gasteiger partial charge in [-0.25, -0.2) is 4.79 Å². The van der Waals surface area contributed by atoms with Gasteiger partial charge in [-0.05, 0) is 43.9 Å². The monoisotopic (exact) mass is 291 g/mol. The van der Waals surface area contributed by atoms with E-state index in [9.17, 15) is 9.59 Å². The number of benzene rings is 1. The highest BCUT2D eigenvalue weighted by Gasteiger charge is 2.33. The number of nitrogens with zero attached hydrogens (tertiary/aromatic N) is 1. The van der Waals surface area contributed by atoms with Crippen LogP contribution >= 0.6 is 0 Å². The molecule has 1 aliphatic heterocycles. The molecule has 21 heavy (non-hydrogen) atoms. The molecular formula is C16H21NO4. The minimum Gasteiger partial charge on any atom is -0.493 e. The summed E-state index contributed by atoms with van der Waals surface area (Å²) in [6, 6.07) is 5.26. The lowest BCUT2D eigenvalue weighted by atomic mass is 10.1. The number of hydrogen-bond acceptors (Lipinski definition) is 3. The van der Waals surface area contributed by atoms with Crippen LogP contribution in [0, 0.1) is 13.8 Å². The van der Waals surface area contributed by atoms with Crippen molar-refractivity contribution in [2.24, 2.45) is 0 Å². The average molecular weight is 291 g/mol. The molecule has 1 aliphatic rings. The summed E-state index contributed by atoms with van der Waals surface area (Å²) in [5, 5.41) is 9.08. The number of carbonyl (C=O) groups is 2. The molecule has 0 unspecified atom stereocenters. The standard InChI is InChI=1S/C16H21NO4/c1-11-5-6-12(2)14(10-11)21-9-7-15(18)17-8-3-4-13(17)16(19)20/h5-6,10,13H,3-4,7-9H2,1-2H3,(H,19,20)/t13-/m0/s1. The summed E-state index contributed by atoms with van der Waals surface area (Å²) >= 11 is 0.